The lowest BCUT2D eigenvalue weighted by atomic mass is 10.2. The zero-order valence-corrected chi connectivity index (χ0v) is 21.7. The Bertz CT molecular complexity index is 1300. The van der Waals surface area contributed by atoms with Gasteiger partial charge in [-0.25, -0.2) is 0 Å². The first kappa shape index (κ1) is 24.3. The van der Waals surface area contributed by atoms with E-state index in [4.69, 9.17) is 0 Å². The lowest BCUT2D eigenvalue weighted by Gasteiger charge is -2.36. The summed E-state index contributed by atoms with van der Waals surface area (Å²) < 4.78 is 31.5. The lowest BCUT2D eigenvalue weighted by Crippen LogP contribution is -2.34. The van der Waals surface area contributed by atoms with E-state index in [0.717, 1.165) is 26.8 Å². The SMILES string of the molecule is O=P(c1ccccc1)(c1ccccc1)C(Cc1ccccc1)P(=O)(c1ccccc1)c1ccccc1. The van der Waals surface area contributed by atoms with Gasteiger partial charge in [-0.05, 0) is 12.0 Å². The average molecular weight is 507 g/mol. The molecule has 0 spiro atoms. The van der Waals surface area contributed by atoms with Crippen molar-refractivity contribution >= 4 is 35.5 Å². The first-order valence-electron chi connectivity index (χ1n) is 12.1. The minimum Gasteiger partial charge on any atom is -0.313 e. The minimum atomic E-state index is -3.42. The molecule has 0 bridgehead atoms. The molecule has 0 heterocycles. The van der Waals surface area contributed by atoms with E-state index in [-0.39, 0.29) is 0 Å². The molecule has 0 amide bonds. The Morgan fingerprint density at radius 2 is 0.639 bits per heavy atom. The zero-order chi connectivity index (χ0) is 24.8. The van der Waals surface area contributed by atoms with Crippen LogP contribution in [0.15, 0.2) is 152 Å². The first-order chi connectivity index (χ1) is 17.6. The van der Waals surface area contributed by atoms with Gasteiger partial charge < -0.3 is 9.13 Å². The van der Waals surface area contributed by atoms with Crippen molar-refractivity contribution in [2.75, 3.05) is 0 Å². The van der Waals surface area contributed by atoms with Crippen molar-refractivity contribution in [2.24, 2.45) is 0 Å². The maximum absolute atomic E-state index is 15.7. The van der Waals surface area contributed by atoms with Crippen LogP contribution in [-0.4, -0.2) is 5.40 Å². The van der Waals surface area contributed by atoms with Gasteiger partial charge in [-0.2, -0.15) is 0 Å². The van der Waals surface area contributed by atoms with Crippen molar-refractivity contribution in [3.8, 4) is 0 Å². The van der Waals surface area contributed by atoms with Crippen molar-refractivity contribution in [3.05, 3.63) is 157 Å². The summed E-state index contributed by atoms with van der Waals surface area (Å²) in [6.07, 6.45) is 0.420. The highest BCUT2D eigenvalue weighted by Gasteiger charge is 2.49. The largest absolute Gasteiger partial charge is 0.313 e. The Balaban J connectivity index is 1.86. The zero-order valence-electron chi connectivity index (χ0n) is 19.9. The second-order valence-electron chi connectivity index (χ2n) is 8.83. The Kier molecular flexibility index (Phi) is 7.19. The van der Waals surface area contributed by atoms with Crippen LogP contribution in [-0.2, 0) is 15.6 Å². The van der Waals surface area contributed by atoms with Crippen molar-refractivity contribution in [1.29, 1.82) is 0 Å². The van der Waals surface area contributed by atoms with E-state index in [0.29, 0.717) is 6.42 Å². The van der Waals surface area contributed by atoms with Crippen LogP contribution in [0.1, 0.15) is 5.56 Å². The van der Waals surface area contributed by atoms with Crippen LogP contribution in [0, 0.1) is 0 Å². The third-order valence-corrected chi connectivity index (χ3v) is 14.9. The van der Waals surface area contributed by atoms with Gasteiger partial charge in [0.25, 0.3) is 0 Å². The highest BCUT2D eigenvalue weighted by atomic mass is 31.2. The number of hydrogen-bond acceptors (Lipinski definition) is 2. The molecule has 0 atom stereocenters. The molecule has 5 rings (SSSR count). The number of hydrogen-bond donors (Lipinski definition) is 0. The van der Waals surface area contributed by atoms with Gasteiger partial charge in [0.15, 0.2) is 14.3 Å². The second kappa shape index (κ2) is 10.7. The van der Waals surface area contributed by atoms with Crippen LogP contribution in [0.2, 0.25) is 0 Å². The topological polar surface area (TPSA) is 34.1 Å². The molecule has 5 aromatic rings. The summed E-state index contributed by atoms with van der Waals surface area (Å²) >= 11 is 0. The van der Waals surface area contributed by atoms with Crippen LogP contribution in [0.25, 0.3) is 0 Å². The summed E-state index contributed by atoms with van der Waals surface area (Å²) in [6.45, 7) is 0. The molecule has 0 fully saturated rings. The second-order valence-corrected chi connectivity index (χ2v) is 15.2. The van der Waals surface area contributed by atoms with Gasteiger partial charge in [0.2, 0.25) is 0 Å². The Morgan fingerprint density at radius 1 is 0.389 bits per heavy atom. The fraction of sp³-hybridized carbons (Fsp3) is 0.0625. The van der Waals surface area contributed by atoms with E-state index >= 15 is 9.13 Å². The molecule has 5 aromatic carbocycles. The summed E-state index contributed by atoms with van der Waals surface area (Å²) in [5.74, 6) is 0. The van der Waals surface area contributed by atoms with Crippen molar-refractivity contribution < 1.29 is 9.13 Å². The highest BCUT2D eigenvalue weighted by Crippen LogP contribution is 2.66. The Hall–Kier alpha value is -3.44. The molecule has 178 valence electrons. The van der Waals surface area contributed by atoms with Crippen LogP contribution in [0.3, 0.4) is 0 Å². The summed E-state index contributed by atoms with van der Waals surface area (Å²) in [5.41, 5.74) is 1.02. The smallest absolute Gasteiger partial charge is 0.154 e. The monoisotopic (exact) mass is 506 g/mol. The van der Waals surface area contributed by atoms with Gasteiger partial charge in [0.1, 0.15) is 0 Å². The standard InChI is InChI=1S/C32H28O2P2/c33-35(28-18-8-2-9-19-28,29-20-10-3-11-21-29)32(26-27-16-6-1-7-17-27)36(34,30-22-12-4-13-23-30)31-24-14-5-15-25-31/h1-25,32H,26H2. The summed E-state index contributed by atoms with van der Waals surface area (Å²) in [5, 5.41) is 2.24. The molecule has 0 aliphatic rings. The predicted octanol–water partition coefficient (Wildman–Crippen LogP) is 6.58. The molecule has 0 aromatic heterocycles. The fourth-order valence-electron chi connectivity index (χ4n) is 4.90. The number of rotatable bonds is 8. The predicted molar refractivity (Wildman–Crippen MR) is 153 cm³/mol. The van der Waals surface area contributed by atoms with E-state index < -0.39 is 19.7 Å². The van der Waals surface area contributed by atoms with E-state index in [1.54, 1.807) is 0 Å². The maximum atomic E-state index is 15.7. The normalized spacial score (nSPS) is 11.9. The van der Waals surface area contributed by atoms with Gasteiger partial charge in [0, 0.05) is 21.2 Å². The maximum Gasteiger partial charge on any atom is 0.154 e. The Labute approximate surface area is 213 Å². The highest BCUT2D eigenvalue weighted by molar-refractivity contribution is 7.95. The van der Waals surface area contributed by atoms with E-state index in [1.165, 1.54) is 0 Å². The molecule has 0 aliphatic heterocycles. The molecule has 4 heteroatoms. The quantitative estimate of drug-likeness (QED) is 0.223. The molecular weight excluding hydrogens is 478 g/mol. The molecule has 0 aliphatic carbocycles. The van der Waals surface area contributed by atoms with Crippen LogP contribution in [0.4, 0.5) is 0 Å². The van der Waals surface area contributed by atoms with E-state index in [2.05, 4.69) is 0 Å². The van der Waals surface area contributed by atoms with Crippen LogP contribution >= 0.6 is 14.3 Å². The van der Waals surface area contributed by atoms with Gasteiger partial charge in [-0.1, -0.05) is 152 Å². The van der Waals surface area contributed by atoms with E-state index in [1.807, 2.05) is 152 Å². The summed E-state index contributed by atoms with van der Waals surface area (Å²) in [4.78, 5) is 0. The van der Waals surface area contributed by atoms with Crippen LogP contribution in [0.5, 0.6) is 0 Å². The minimum absolute atomic E-state index is 0.420. The third-order valence-electron chi connectivity index (χ3n) is 6.66. The number of benzene rings is 5. The third kappa shape index (κ3) is 4.56. The molecular formula is C32H28O2P2. The lowest BCUT2D eigenvalue weighted by molar-refractivity contribution is 0.572. The molecule has 0 N–H and O–H groups in total. The first-order valence-corrected chi connectivity index (χ1v) is 15.6. The average Bonchev–Trinajstić information content (AvgIpc) is 2.97. The molecule has 0 radical (unpaired) electrons. The summed E-state index contributed by atoms with van der Waals surface area (Å²) in [7, 11) is -6.83. The van der Waals surface area contributed by atoms with Gasteiger partial charge in [-0.15, -0.1) is 0 Å². The Morgan fingerprint density at radius 3 is 0.917 bits per heavy atom. The van der Waals surface area contributed by atoms with Crippen LogP contribution < -0.4 is 21.2 Å². The van der Waals surface area contributed by atoms with Gasteiger partial charge in [-0.3, -0.25) is 0 Å². The fourth-order valence-corrected chi connectivity index (χ4v) is 13.7. The molecule has 0 saturated carbocycles. The van der Waals surface area contributed by atoms with Crippen molar-refractivity contribution in [1.82, 2.24) is 0 Å². The van der Waals surface area contributed by atoms with Crippen molar-refractivity contribution in [2.45, 2.75) is 11.8 Å². The molecule has 0 saturated heterocycles. The summed E-state index contributed by atoms with van der Waals surface area (Å²) in [6, 6.07) is 48.4. The molecule has 2 nitrogen and oxygen atoms in total. The molecule has 36 heavy (non-hydrogen) atoms. The van der Waals surface area contributed by atoms with E-state index in [9.17, 15) is 0 Å². The molecule has 0 unspecified atom stereocenters. The van der Waals surface area contributed by atoms with Gasteiger partial charge in [0.05, 0.1) is 5.40 Å². The van der Waals surface area contributed by atoms with Gasteiger partial charge >= 0.3 is 0 Å². The van der Waals surface area contributed by atoms with Crippen molar-refractivity contribution in [3.63, 3.8) is 0 Å².